The summed E-state index contributed by atoms with van der Waals surface area (Å²) in [4.78, 5) is 0. The van der Waals surface area contributed by atoms with Gasteiger partial charge in [-0.15, -0.1) is 0 Å². The van der Waals surface area contributed by atoms with Crippen LogP contribution < -0.4 is 5.32 Å². The molecule has 12 heavy (non-hydrogen) atoms. The van der Waals surface area contributed by atoms with E-state index in [0.717, 1.165) is 19.4 Å². The van der Waals surface area contributed by atoms with Crippen molar-refractivity contribution < 1.29 is 5.11 Å². The van der Waals surface area contributed by atoms with Gasteiger partial charge in [0.15, 0.2) is 0 Å². The molecule has 2 N–H and O–H groups in total. The summed E-state index contributed by atoms with van der Waals surface area (Å²) in [7, 11) is 0. The number of aliphatic hydroxyl groups excluding tert-OH is 1. The van der Waals surface area contributed by atoms with E-state index in [-0.39, 0.29) is 12.0 Å². The molecule has 0 radical (unpaired) electrons. The second-order valence-electron chi connectivity index (χ2n) is 4.53. The Bertz CT molecular complexity index is 110. The van der Waals surface area contributed by atoms with Gasteiger partial charge >= 0.3 is 0 Å². The highest BCUT2D eigenvalue weighted by Crippen LogP contribution is 2.20. The molecule has 0 aliphatic carbocycles. The van der Waals surface area contributed by atoms with Crippen molar-refractivity contribution in [2.45, 2.75) is 46.6 Å². The topological polar surface area (TPSA) is 32.3 Å². The summed E-state index contributed by atoms with van der Waals surface area (Å²) in [5, 5.41) is 12.3. The van der Waals surface area contributed by atoms with Gasteiger partial charge in [0.2, 0.25) is 0 Å². The molecular formula is C10H23NO. The third kappa shape index (κ3) is 6.62. The Labute approximate surface area is 76.4 Å². The molecule has 0 heterocycles. The first-order valence-corrected chi connectivity index (χ1v) is 4.82. The van der Waals surface area contributed by atoms with Gasteiger partial charge in [-0.1, -0.05) is 27.7 Å². The molecule has 2 nitrogen and oxygen atoms in total. The van der Waals surface area contributed by atoms with Crippen molar-refractivity contribution >= 4 is 0 Å². The monoisotopic (exact) mass is 173 g/mol. The molecule has 0 aromatic heterocycles. The van der Waals surface area contributed by atoms with Crippen LogP contribution in [0.2, 0.25) is 0 Å². The predicted molar refractivity (Wildman–Crippen MR) is 53.2 cm³/mol. The minimum absolute atomic E-state index is 0.0959. The fourth-order valence-corrected chi connectivity index (χ4v) is 1.04. The van der Waals surface area contributed by atoms with Gasteiger partial charge in [0.05, 0.1) is 0 Å². The summed E-state index contributed by atoms with van der Waals surface area (Å²) in [6.45, 7) is 9.84. The van der Waals surface area contributed by atoms with Crippen LogP contribution in [-0.4, -0.2) is 24.3 Å². The van der Waals surface area contributed by atoms with Crippen LogP contribution in [0.1, 0.15) is 40.5 Å². The number of hydrogen-bond donors (Lipinski definition) is 2. The van der Waals surface area contributed by atoms with E-state index in [2.05, 4.69) is 33.0 Å². The molecule has 0 fully saturated rings. The molecule has 0 aliphatic rings. The van der Waals surface area contributed by atoms with Gasteiger partial charge in [-0.3, -0.25) is 0 Å². The van der Waals surface area contributed by atoms with Crippen molar-refractivity contribution in [3.05, 3.63) is 0 Å². The van der Waals surface area contributed by atoms with Crippen molar-refractivity contribution in [1.29, 1.82) is 0 Å². The van der Waals surface area contributed by atoms with Gasteiger partial charge < -0.3 is 10.4 Å². The van der Waals surface area contributed by atoms with Crippen LogP contribution in [0.3, 0.4) is 0 Å². The van der Waals surface area contributed by atoms with Gasteiger partial charge in [-0.2, -0.15) is 0 Å². The second kappa shape index (κ2) is 5.55. The van der Waals surface area contributed by atoms with Crippen molar-refractivity contribution in [3.8, 4) is 0 Å². The molecule has 74 valence electrons. The standard InChI is InChI=1S/C10H23NO/c1-9(2)11-7-5-6-10(3,4)8-12/h9,11-12H,5-8H2,1-4H3. The molecule has 0 aliphatic heterocycles. The van der Waals surface area contributed by atoms with Crippen LogP contribution in [-0.2, 0) is 0 Å². The summed E-state index contributed by atoms with van der Waals surface area (Å²) in [5.41, 5.74) is 0.0959. The normalized spacial score (nSPS) is 12.5. The number of nitrogens with one attached hydrogen (secondary N) is 1. The first-order chi connectivity index (χ1) is 5.48. The van der Waals surface area contributed by atoms with Crippen LogP contribution in [0, 0.1) is 5.41 Å². The lowest BCUT2D eigenvalue weighted by Crippen LogP contribution is -2.25. The van der Waals surface area contributed by atoms with Gasteiger partial charge in [-0.25, -0.2) is 0 Å². The Morgan fingerprint density at radius 2 is 1.92 bits per heavy atom. The predicted octanol–water partition coefficient (Wildman–Crippen LogP) is 1.78. The summed E-state index contributed by atoms with van der Waals surface area (Å²) in [5.74, 6) is 0. The Balaban J connectivity index is 3.31. The lowest BCUT2D eigenvalue weighted by atomic mass is 9.89. The van der Waals surface area contributed by atoms with E-state index in [1.807, 2.05) is 0 Å². The molecule has 0 bridgehead atoms. The highest BCUT2D eigenvalue weighted by atomic mass is 16.3. The number of hydrogen-bond acceptors (Lipinski definition) is 2. The van der Waals surface area contributed by atoms with Crippen LogP contribution in [0.4, 0.5) is 0 Å². The van der Waals surface area contributed by atoms with E-state index < -0.39 is 0 Å². The van der Waals surface area contributed by atoms with Gasteiger partial charge in [0, 0.05) is 12.6 Å². The molecule has 0 spiro atoms. The lowest BCUT2D eigenvalue weighted by Gasteiger charge is -2.21. The Kier molecular flexibility index (Phi) is 5.51. The van der Waals surface area contributed by atoms with E-state index in [4.69, 9.17) is 5.11 Å². The van der Waals surface area contributed by atoms with E-state index in [0.29, 0.717) is 6.04 Å². The maximum absolute atomic E-state index is 8.98. The quantitative estimate of drug-likeness (QED) is 0.600. The number of aliphatic hydroxyl groups is 1. The smallest absolute Gasteiger partial charge is 0.0482 e. The first-order valence-electron chi connectivity index (χ1n) is 4.82. The maximum atomic E-state index is 8.98. The van der Waals surface area contributed by atoms with Crippen LogP contribution in [0.25, 0.3) is 0 Å². The molecule has 0 aromatic rings. The third-order valence-electron chi connectivity index (χ3n) is 2.01. The highest BCUT2D eigenvalue weighted by Gasteiger charge is 2.15. The molecule has 0 saturated heterocycles. The maximum Gasteiger partial charge on any atom is 0.0482 e. The minimum atomic E-state index is 0.0959. The van der Waals surface area contributed by atoms with Crippen molar-refractivity contribution in [2.24, 2.45) is 5.41 Å². The van der Waals surface area contributed by atoms with E-state index >= 15 is 0 Å². The van der Waals surface area contributed by atoms with Crippen LogP contribution >= 0.6 is 0 Å². The van der Waals surface area contributed by atoms with Crippen molar-refractivity contribution in [2.75, 3.05) is 13.2 Å². The highest BCUT2D eigenvalue weighted by molar-refractivity contribution is 4.67. The van der Waals surface area contributed by atoms with E-state index in [9.17, 15) is 0 Å². The minimum Gasteiger partial charge on any atom is -0.396 e. The third-order valence-corrected chi connectivity index (χ3v) is 2.01. The Hall–Kier alpha value is -0.0800. The Morgan fingerprint density at radius 1 is 1.33 bits per heavy atom. The average Bonchev–Trinajstić information content (AvgIpc) is 1.98. The molecule has 0 amide bonds. The first kappa shape index (κ1) is 11.9. The van der Waals surface area contributed by atoms with E-state index in [1.54, 1.807) is 0 Å². The molecular weight excluding hydrogens is 150 g/mol. The SMILES string of the molecule is CC(C)NCCCC(C)(C)CO. The summed E-state index contributed by atoms with van der Waals surface area (Å²) >= 11 is 0. The molecule has 0 rings (SSSR count). The zero-order valence-electron chi connectivity index (χ0n) is 8.85. The zero-order chi connectivity index (χ0) is 9.61. The van der Waals surface area contributed by atoms with E-state index in [1.165, 1.54) is 0 Å². The van der Waals surface area contributed by atoms with Gasteiger partial charge in [-0.05, 0) is 24.8 Å². The summed E-state index contributed by atoms with van der Waals surface area (Å²) in [6.07, 6.45) is 2.23. The summed E-state index contributed by atoms with van der Waals surface area (Å²) < 4.78 is 0. The number of rotatable bonds is 6. The van der Waals surface area contributed by atoms with Crippen LogP contribution in [0.5, 0.6) is 0 Å². The molecule has 0 unspecified atom stereocenters. The Morgan fingerprint density at radius 3 is 2.33 bits per heavy atom. The fraction of sp³-hybridized carbons (Fsp3) is 1.00. The molecule has 0 aromatic carbocycles. The molecule has 2 heteroatoms. The lowest BCUT2D eigenvalue weighted by molar-refractivity contribution is 0.147. The molecule has 0 saturated carbocycles. The molecule has 0 atom stereocenters. The average molecular weight is 173 g/mol. The second-order valence-corrected chi connectivity index (χ2v) is 4.53. The van der Waals surface area contributed by atoms with Crippen molar-refractivity contribution in [3.63, 3.8) is 0 Å². The summed E-state index contributed by atoms with van der Waals surface area (Å²) in [6, 6.07) is 0.572. The largest absolute Gasteiger partial charge is 0.396 e. The van der Waals surface area contributed by atoms with Gasteiger partial charge in [0.25, 0.3) is 0 Å². The zero-order valence-corrected chi connectivity index (χ0v) is 8.85. The fourth-order valence-electron chi connectivity index (χ4n) is 1.04. The van der Waals surface area contributed by atoms with Crippen LogP contribution in [0.15, 0.2) is 0 Å². The van der Waals surface area contributed by atoms with Gasteiger partial charge in [0.1, 0.15) is 0 Å². The van der Waals surface area contributed by atoms with Crippen molar-refractivity contribution in [1.82, 2.24) is 5.32 Å².